The average molecular weight is 329 g/mol. The number of aryl methyl sites for hydroxylation is 3. The Bertz CT molecular complexity index is 932. The molecule has 0 spiro atoms. The first-order valence-electron chi connectivity index (χ1n) is 7.73. The van der Waals surface area contributed by atoms with Crippen LogP contribution in [0.5, 0.6) is 0 Å². The van der Waals surface area contributed by atoms with Crippen molar-refractivity contribution in [2.24, 2.45) is 0 Å². The standard InChI is InChI=1S/C16H19N5OS/c1-10-4-11(2)21(18-10)14-7-19(8-14)6-13-5-15(22)20-12(3)9-23-16(20)17-13/h4-5,9,14H,6-8H2,1-3H3. The van der Waals surface area contributed by atoms with E-state index in [1.807, 2.05) is 19.2 Å². The minimum absolute atomic E-state index is 0.0133. The van der Waals surface area contributed by atoms with E-state index in [0.29, 0.717) is 6.04 Å². The lowest BCUT2D eigenvalue weighted by Crippen LogP contribution is -2.47. The van der Waals surface area contributed by atoms with E-state index in [1.165, 1.54) is 17.0 Å². The van der Waals surface area contributed by atoms with Crippen molar-refractivity contribution in [3.8, 4) is 0 Å². The van der Waals surface area contributed by atoms with E-state index in [1.54, 1.807) is 10.5 Å². The second-order valence-corrected chi connectivity index (χ2v) is 7.14. The largest absolute Gasteiger partial charge is 0.293 e. The zero-order chi connectivity index (χ0) is 16.1. The molecule has 0 N–H and O–H groups in total. The molecule has 0 bridgehead atoms. The molecule has 120 valence electrons. The Hall–Kier alpha value is -1.99. The van der Waals surface area contributed by atoms with Crippen molar-refractivity contribution < 1.29 is 0 Å². The molecule has 4 rings (SSSR count). The molecule has 0 unspecified atom stereocenters. The molecule has 0 atom stereocenters. The second-order valence-electron chi connectivity index (χ2n) is 6.30. The van der Waals surface area contributed by atoms with Crippen LogP contribution in [-0.4, -0.2) is 37.2 Å². The Morgan fingerprint density at radius 2 is 2.00 bits per heavy atom. The summed E-state index contributed by atoms with van der Waals surface area (Å²) in [6.45, 7) is 8.67. The fraction of sp³-hybridized carbons (Fsp3) is 0.438. The summed E-state index contributed by atoms with van der Waals surface area (Å²) < 4.78 is 3.78. The minimum Gasteiger partial charge on any atom is -0.293 e. The number of aromatic nitrogens is 4. The fourth-order valence-electron chi connectivity index (χ4n) is 3.25. The first kappa shape index (κ1) is 14.6. The molecule has 3 aromatic rings. The van der Waals surface area contributed by atoms with Crippen molar-refractivity contribution in [1.82, 2.24) is 24.1 Å². The van der Waals surface area contributed by atoms with Gasteiger partial charge in [0, 0.05) is 42.5 Å². The predicted octanol–water partition coefficient (Wildman–Crippen LogP) is 1.93. The first-order chi connectivity index (χ1) is 11.0. The molecule has 7 heteroatoms. The summed E-state index contributed by atoms with van der Waals surface area (Å²) in [5, 5.41) is 6.52. The summed E-state index contributed by atoms with van der Waals surface area (Å²) in [6.07, 6.45) is 0. The van der Waals surface area contributed by atoms with E-state index in [4.69, 9.17) is 0 Å². The highest BCUT2D eigenvalue weighted by atomic mass is 32.1. The molecule has 6 nitrogen and oxygen atoms in total. The van der Waals surface area contributed by atoms with Gasteiger partial charge in [-0.3, -0.25) is 18.8 Å². The van der Waals surface area contributed by atoms with Crippen LogP contribution in [0.1, 0.15) is 28.8 Å². The Labute approximate surface area is 138 Å². The third-order valence-corrected chi connectivity index (χ3v) is 5.29. The van der Waals surface area contributed by atoms with Crippen LogP contribution >= 0.6 is 11.3 Å². The Balaban J connectivity index is 1.48. The molecule has 1 aliphatic rings. The molecule has 0 aromatic carbocycles. The maximum atomic E-state index is 12.2. The van der Waals surface area contributed by atoms with Crippen LogP contribution in [0.3, 0.4) is 0 Å². The highest BCUT2D eigenvalue weighted by molar-refractivity contribution is 7.15. The molecular formula is C16H19N5OS. The van der Waals surface area contributed by atoms with Crippen LogP contribution in [0.2, 0.25) is 0 Å². The van der Waals surface area contributed by atoms with Gasteiger partial charge in [0.15, 0.2) is 4.96 Å². The van der Waals surface area contributed by atoms with Gasteiger partial charge in [-0.25, -0.2) is 4.98 Å². The van der Waals surface area contributed by atoms with Crippen LogP contribution in [0.4, 0.5) is 0 Å². The zero-order valence-corrected chi connectivity index (χ0v) is 14.3. The lowest BCUT2D eigenvalue weighted by molar-refractivity contribution is 0.0880. The van der Waals surface area contributed by atoms with Gasteiger partial charge in [0.25, 0.3) is 5.56 Å². The van der Waals surface area contributed by atoms with E-state index in [9.17, 15) is 4.79 Å². The van der Waals surface area contributed by atoms with Crippen LogP contribution in [0, 0.1) is 20.8 Å². The van der Waals surface area contributed by atoms with Crippen LogP contribution in [-0.2, 0) is 6.54 Å². The number of hydrogen-bond donors (Lipinski definition) is 0. The van der Waals surface area contributed by atoms with Gasteiger partial charge in [-0.15, -0.1) is 11.3 Å². The summed E-state index contributed by atoms with van der Waals surface area (Å²) in [4.78, 5) is 19.9. The fourth-order valence-corrected chi connectivity index (χ4v) is 4.14. The van der Waals surface area contributed by atoms with E-state index >= 15 is 0 Å². The van der Waals surface area contributed by atoms with Gasteiger partial charge in [0.1, 0.15) is 0 Å². The summed E-state index contributed by atoms with van der Waals surface area (Å²) >= 11 is 1.52. The van der Waals surface area contributed by atoms with Gasteiger partial charge in [0.2, 0.25) is 0 Å². The Morgan fingerprint density at radius 1 is 1.22 bits per heavy atom. The van der Waals surface area contributed by atoms with Crippen LogP contribution in [0.15, 0.2) is 22.3 Å². The summed E-state index contributed by atoms with van der Waals surface area (Å²) in [5.74, 6) is 0. The number of hydrogen-bond acceptors (Lipinski definition) is 5. The van der Waals surface area contributed by atoms with Crippen molar-refractivity contribution >= 4 is 16.3 Å². The topological polar surface area (TPSA) is 55.4 Å². The van der Waals surface area contributed by atoms with Gasteiger partial charge >= 0.3 is 0 Å². The van der Waals surface area contributed by atoms with Gasteiger partial charge in [-0.2, -0.15) is 5.10 Å². The Kier molecular flexibility index (Phi) is 3.35. The quantitative estimate of drug-likeness (QED) is 0.737. The third-order valence-electron chi connectivity index (χ3n) is 4.34. The molecular weight excluding hydrogens is 310 g/mol. The van der Waals surface area contributed by atoms with Crippen molar-refractivity contribution in [2.45, 2.75) is 33.4 Å². The molecule has 1 saturated heterocycles. The molecule has 0 amide bonds. The van der Waals surface area contributed by atoms with E-state index in [0.717, 1.165) is 41.7 Å². The van der Waals surface area contributed by atoms with Crippen LogP contribution in [0.25, 0.3) is 4.96 Å². The molecule has 1 aliphatic heterocycles. The smallest absolute Gasteiger partial charge is 0.259 e. The minimum atomic E-state index is 0.0133. The summed E-state index contributed by atoms with van der Waals surface area (Å²) in [6, 6.07) is 4.19. The lowest BCUT2D eigenvalue weighted by Gasteiger charge is -2.39. The number of thiazole rings is 1. The number of nitrogens with zero attached hydrogens (tertiary/aromatic N) is 5. The molecule has 1 fully saturated rings. The Morgan fingerprint density at radius 3 is 2.70 bits per heavy atom. The van der Waals surface area contributed by atoms with E-state index < -0.39 is 0 Å². The molecule has 0 saturated carbocycles. The highest BCUT2D eigenvalue weighted by Gasteiger charge is 2.30. The highest BCUT2D eigenvalue weighted by Crippen LogP contribution is 2.24. The average Bonchev–Trinajstić information content (AvgIpc) is 2.97. The van der Waals surface area contributed by atoms with Gasteiger partial charge in [-0.05, 0) is 26.8 Å². The van der Waals surface area contributed by atoms with Gasteiger partial charge < -0.3 is 0 Å². The van der Waals surface area contributed by atoms with Gasteiger partial charge in [0.05, 0.1) is 17.4 Å². The maximum absolute atomic E-state index is 12.2. The zero-order valence-electron chi connectivity index (χ0n) is 13.5. The summed E-state index contributed by atoms with van der Waals surface area (Å²) in [5.41, 5.74) is 4.08. The molecule has 23 heavy (non-hydrogen) atoms. The maximum Gasteiger partial charge on any atom is 0.259 e. The number of likely N-dealkylation sites (tertiary alicyclic amines) is 1. The molecule has 4 heterocycles. The van der Waals surface area contributed by atoms with Crippen molar-refractivity contribution in [2.75, 3.05) is 13.1 Å². The van der Waals surface area contributed by atoms with E-state index in [2.05, 4.69) is 32.7 Å². The summed E-state index contributed by atoms with van der Waals surface area (Å²) in [7, 11) is 0. The molecule has 3 aromatic heterocycles. The molecule has 0 radical (unpaired) electrons. The van der Waals surface area contributed by atoms with Crippen LogP contribution < -0.4 is 5.56 Å². The number of fused-ring (bicyclic) bond motifs is 1. The van der Waals surface area contributed by atoms with E-state index in [-0.39, 0.29) is 5.56 Å². The van der Waals surface area contributed by atoms with Crippen molar-refractivity contribution in [1.29, 1.82) is 0 Å². The second kappa shape index (κ2) is 5.28. The SMILES string of the molecule is Cc1cc(C)n(C2CN(Cc3cc(=O)n4c(C)csc4n3)C2)n1. The van der Waals surface area contributed by atoms with Gasteiger partial charge in [-0.1, -0.05) is 0 Å². The number of rotatable bonds is 3. The predicted molar refractivity (Wildman–Crippen MR) is 90.1 cm³/mol. The first-order valence-corrected chi connectivity index (χ1v) is 8.61. The molecule has 0 aliphatic carbocycles. The normalized spacial score (nSPS) is 16.1. The van der Waals surface area contributed by atoms with Crippen molar-refractivity contribution in [3.05, 3.63) is 50.6 Å². The third kappa shape index (κ3) is 2.49. The lowest BCUT2D eigenvalue weighted by atomic mass is 10.1. The monoisotopic (exact) mass is 329 g/mol. The van der Waals surface area contributed by atoms with Crippen molar-refractivity contribution in [3.63, 3.8) is 0 Å².